The quantitative estimate of drug-likeness (QED) is 0.624. The lowest BCUT2D eigenvalue weighted by molar-refractivity contribution is 0.132. The minimum absolute atomic E-state index is 0.815. The van der Waals surface area contributed by atoms with Gasteiger partial charge in [0, 0.05) is 37.3 Å². The van der Waals surface area contributed by atoms with Crippen LogP contribution in [0, 0.1) is 0 Å². The van der Waals surface area contributed by atoms with Crippen LogP contribution in [0.15, 0.2) is 28.7 Å². The molecule has 114 valence electrons. The van der Waals surface area contributed by atoms with Crippen molar-refractivity contribution in [2.45, 2.75) is 26.3 Å². The van der Waals surface area contributed by atoms with Crippen LogP contribution in [0.25, 0.3) is 0 Å². The second-order valence-corrected chi connectivity index (χ2v) is 6.00. The molecule has 1 aromatic rings. The number of hydrogen-bond donors (Lipinski definition) is 1. The Morgan fingerprint density at radius 3 is 2.85 bits per heavy atom. The second-order valence-electron chi connectivity index (χ2n) is 5.08. The maximum atomic E-state index is 5.51. The van der Waals surface area contributed by atoms with Crippen molar-refractivity contribution >= 4 is 15.9 Å². The van der Waals surface area contributed by atoms with Crippen LogP contribution in [0.3, 0.4) is 0 Å². The molecule has 0 spiro atoms. The van der Waals surface area contributed by atoms with Gasteiger partial charge in [-0.2, -0.15) is 0 Å². The number of halogens is 1. The predicted molar refractivity (Wildman–Crippen MR) is 89.1 cm³/mol. The molecular formula is C16H27BrN2O. The van der Waals surface area contributed by atoms with Gasteiger partial charge in [-0.05, 0) is 31.2 Å². The van der Waals surface area contributed by atoms with E-state index in [2.05, 4.69) is 64.4 Å². The van der Waals surface area contributed by atoms with Gasteiger partial charge in [-0.3, -0.25) is 0 Å². The zero-order valence-corrected chi connectivity index (χ0v) is 14.3. The Morgan fingerprint density at radius 2 is 2.10 bits per heavy atom. The van der Waals surface area contributed by atoms with Crippen LogP contribution in [0.2, 0.25) is 0 Å². The minimum atomic E-state index is 0.815. The molecule has 4 heteroatoms. The fraction of sp³-hybridized carbons (Fsp3) is 0.625. The Bertz CT molecular complexity index is 360. The van der Waals surface area contributed by atoms with Crippen molar-refractivity contribution in [3.8, 4) is 0 Å². The minimum Gasteiger partial charge on any atom is -0.380 e. The molecule has 0 atom stereocenters. The van der Waals surface area contributed by atoms with E-state index in [-0.39, 0.29) is 0 Å². The molecule has 1 N–H and O–H groups in total. The fourth-order valence-electron chi connectivity index (χ4n) is 1.91. The normalized spacial score (nSPS) is 11.2. The molecule has 0 amide bonds. The molecule has 0 aliphatic rings. The van der Waals surface area contributed by atoms with E-state index in [0.717, 1.165) is 50.3 Å². The van der Waals surface area contributed by atoms with Crippen LogP contribution in [0.4, 0.5) is 0 Å². The molecule has 0 saturated carbocycles. The Balaban J connectivity index is 2.01. The standard InChI is InChI=1S/C16H27BrN2O/c1-3-4-11-20-12-9-18-8-10-19(2)14-15-6-5-7-16(17)13-15/h5-7,13,18H,3-4,8-12,14H2,1-2H3. The van der Waals surface area contributed by atoms with E-state index in [0.29, 0.717) is 0 Å². The highest BCUT2D eigenvalue weighted by molar-refractivity contribution is 9.10. The third kappa shape index (κ3) is 8.69. The van der Waals surface area contributed by atoms with Gasteiger partial charge in [0.25, 0.3) is 0 Å². The summed E-state index contributed by atoms with van der Waals surface area (Å²) in [4.78, 5) is 2.33. The van der Waals surface area contributed by atoms with Gasteiger partial charge >= 0.3 is 0 Å². The molecule has 0 bridgehead atoms. The first-order valence-corrected chi connectivity index (χ1v) is 8.23. The average molecular weight is 343 g/mol. The van der Waals surface area contributed by atoms with E-state index in [1.54, 1.807) is 0 Å². The van der Waals surface area contributed by atoms with Crippen molar-refractivity contribution in [2.24, 2.45) is 0 Å². The zero-order valence-electron chi connectivity index (χ0n) is 12.7. The van der Waals surface area contributed by atoms with Crippen molar-refractivity contribution in [1.82, 2.24) is 10.2 Å². The molecule has 0 unspecified atom stereocenters. The van der Waals surface area contributed by atoms with Gasteiger partial charge in [0.15, 0.2) is 0 Å². The van der Waals surface area contributed by atoms with Gasteiger partial charge in [0.05, 0.1) is 6.61 Å². The molecule has 0 radical (unpaired) electrons. The lowest BCUT2D eigenvalue weighted by Gasteiger charge is -2.17. The summed E-state index contributed by atoms with van der Waals surface area (Å²) >= 11 is 3.51. The third-order valence-electron chi connectivity index (χ3n) is 3.08. The first-order chi connectivity index (χ1) is 9.72. The summed E-state index contributed by atoms with van der Waals surface area (Å²) in [6, 6.07) is 8.48. The second kappa shape index (κ2) is 11.3. The molecule has 0 saturated heterocycles. The van der Waals surface area contributed by atoms with Gasteiger partial charge in [0.2, 0.25) is 0 Å². The number of benzene rings is 1. The first kappa shape index (κ1) is 17.6. The smallest absolute Gasteiger partial charge is 0.0590 e. The fourth-order valence-corrected chi connectivity index (χ4v) is 2.36. The van der Waals surface area contributed by atoms with Crippen molar-refractivity contribution in [2.75, 3.05) is 39.9 Å². The highest BCUT2D eigenvalue weighted by Gasteiger charge is 2.00. The van der Waals surface area contributed by atoms with Gasteiger partial charge in [-0.25, -0.2) is 0 Å². The van der Waals surface area contributed by atoms with Crippen LogP contribution >= 0.6 is 15.9 Å². The van der Waals surface area contributed by atoms with Crippen LogP contribution in [-0.2, 0) is 11.3 Å². The maximum Gasteiger partial charge on any atom is 0.0590 e. The molecular weight excluding hydrogens is 316 g/mol. The van der Waals surface area contributed by atoms with Gasteiger partial charge in [-0.15, -0.1) is 0 Å². The largest absolute Gasteiger partial charge is 0.380 e. The molecule has 1 aromatic carbocycles. The van der Waals surface area contributed by atoms with E-state index in [1.165, 1.54) is 12.0 Å². The number of rotatable bonds is 11. The summed E-state index contributed by atoms with van der Waals surface area (Å²) in [5.74, 6) is 0. The molecule has 1 rings (SSSR count). The topological polar surface area (TPSA) is 24.5 Å². The molecule has 0 aliphatic heterocycles. The van der Waals surface area contributed by atoms with Crippen molar-refractivity contribution in [3.05, 3.63) is 34.3 Å². The van der Waals surface area contributed by atoms with E-state index in [1.807, 2.05) is 0 Å². The van der Waals surface area contributed by atoms with Gasteiger partial charge in [0.1, 0.15) is 0 Å². The Kier molecular flexibility index (Phi) is 9.93. The number of nitrogens with zero attached hydrogens (tertiary/aromatic N) is 1. The van der Waals surface area contributed by atoms with Crippen molar-refractivity contribution in [3.63, 3.8) is 0 Å². The van der Waals surface area contributed by atoms with Crippen LogP contribution in [0.1, 0.15) is 25.3 Å². The monoisotopic (exact) mass is 342 g/mol. The Morgan fingerprint density at radius 1 is 1.25 bits per heavy atom. The summed E-state index contributed by atoms with van der Waals surface area (Å²) in [6.45, 7) is 7.85. The van der Waals surface area contributed by atoms with Crippen LogP contribution in [0.5, 0.6) is 0 Å². The SMILES string of the molecule is CCCCOCCNCCN(C)Cc1cccc(Br)c1. The number of nitrogens with one attached hydrogen (secondary N) is 1. The highest BCUT2D eigenvalue weighted by Crippen LogP contribution is 2.12. The molecule has 0 fully saturated rings. The summed E-state index contributed by atoms with van der Waals surface area (Å²) in [5.41, 5.74) is 1.34. The molecule has 0 heterocycles. The van der Waals surface area contributed by atoms with Crippen molar-refractivity contribution in [1.29, 1.82) is 0 Å². The lowest BCUT2D eigenvalue weighted by Crippen LogP contribution is -2.30. The number of likely N-dealkylation sites (N-methyl/N-ethyl adjacent to an activating group) is 1. The average Bonchev–Trinajstić information content (AvgIpc) is 2.42. The summed E-state index contributed by atoms with van der Waals surface area (Å²) in [6.07, 6.45) is 2.36. The Hall–Kier alpha value is -0.420. The number of unbranched alkanes of at least 4 members (excludes halogenated alkanes) is 1. The van der Waals surface area contributed by atoms with E-state index in [9.17, 15) is 0 Å². The summed E-state index contributed by atoms with van der Waals surface area (Å²) in [5, 5.41) is 3.41. The highest BCUT2D eigenvalue weighted by atomic mass is 79.9. The van der Waals surface area contributed by atoms with Crippen LogP contribution in [-0.4, -0.2) is 44.8 Å². The molecule has 0 aromatic heterocycles. The number of hydrogen-bond acceptors (Lipinski definition) is 3. The van der Waals surface area contributed by atoms with E-state index in [4.69, 9.17) is 4.74 Å². The lowest BCUT2D eigenvalue weighted by atomic mass is 10.2. The van der Waals surface area contributed by atoms with E-state index >= 15 is 0 Å². The predicted octanol–water partition coefficient (Wildman–Crippen LogP) is 3.29. The maximum absolute atomic E-state index is 5.51. The van der Waals surface area contributed by atoms with Crippen LogP contribution < -0.4 is 5.32 Å². The molecule has 3 nitrogen and oxygen atoms in total. The van der Waals surface area contributed by atoms with Gasteiger partial charge < -0.3 is 15.0 Å². The van der Waals surface area contributed by atoms with Crippen molar-refractivity contribution < 1.29 is 4.74 Å². The molecule has 0 aliphatic carbocycles. The number of ether oxygens (including phenoxy) is 1. The Labute approximate surface area is 131 Å². The first-order valence-electron chi connectivity index (χ1n) is 7.44. The zero-order chi connectivity index (χ0) is 14.6. The molecule has 20 heavy (non-hydrogen) atoms. The van der Waals surface area contributed by atoms with Gasteiger partial charge in [-0.1, -0.05) is 41.4 Å². The summed E-state index contributed by atoms with van der Waals surface area (Å²) < 4.78 is 6.65. The third-order valence-corrected chi connectivity index (χ3v) is 3.57. The summed E-state index contributed by atoms with van der Waals surface area (Å²) in [7, 11) is 2.15. The van der Waals surface area contributed by atoms with E-state index < -0.39 is 0 Å².